The first kappa shape index (κ1) is 17.9. The second-order valence-corrected chi connectivity index (χ2v) is 6.86. The molecule has 7 nitrogen and oxygen atoms in total. The fourth-order valence-corrected chi connectivity index (χ4v) is 3.55. The van der Waals surface area contributed by atoms with Gasteiger partial charge in [0.25, 0.3) is 17.6 Å². The molecule has 2 aliphatic heterocycles. The highest BCUT2D eigenvalue weighted by Crippen LogP contribution is 2.28. The Labute approximate surface area is 161 Å². The number of Topliss-reactive ketones (excluding diaryl/α,β-unsaturated/α-hetero) is 1. The highest BCUT2D eigenvalue weighted by atomic mass is 16.2. The van der Waals surface area contributed by atoms with E-state index in [1.807, 2.05) is 4.90 Å². The van der Waals surface area contributed by atoms with Gasteiger partial charge in [-0.3, -0.25) is 24.1 Å². The van der Waals surface area contributed by atoms with E-state index in [4.69, 9.17) is 0 Å². The number of anilines is 2. The summed E-state index contributed by atoms with van der Waals surface area (Å²) in [5.41, 5.74) is 1.85. The summed E-state index contributed by atoms with van der Waals surface area (Å²) in [6.45, 7) is 1.30. The van der Waals surface area contributed by atoms with E-state index in [0.717, 1.165) is 25.9 Å². The van der Waals surface area contributed by atoms with Crippen LogP contribution in [0.3, 0.4) is 0 Å². The van der Waals surface area contributed by atoms with E-state index in [9.17, 15) is 19.2 Å². The maximum absolute atomic E-state index is 12.4. The molecule has 4 rings (SSSR count). The summed E-state index contributed by atoms with van der Waals surface area (Å²) in [5.74, 6) is -1.74. The number of likely N-dealkylation sites (tertiary alicyclic amines) is 1. The minimum absolute atomic E-state index is 0.00633. The highest BCUT2D eigenvalue weighted by Gasteiger charge is 2.36. The number of carbonyl (C=O) groups is 4. The molecule has 0 aliphatic carbocycles. The molecule has 2 aromatic carbocycles. The number of hydrogen-bond acceptors (Lipinski definition) is 4. The zero-order valence-electron chi connectivity index (χ0n) is 15.2. The molecule has 0 atom stereocenters. The summed E-state index contributed by atoms with van der Waals surface area (Å²) in [4.78, 5) is 51.9. The number of amides is 3. The molecule has 2 heterocycles. The smallest absolute Gasteiger partial charge is 0.299 e. The van der Waals surface area contributed by atoms with Crippen LogP contribution < -0.4 is 10.2 Å². The first-order valence-corrected chi connectivity index (χ1v) is 9.19. The molecule has 1 saturated heterocycles. The summed E-state index contributed by atoms with van der Waals surface area (Å²) < 4.78 is 0. The largest absolute Gasteiger partial charge is 0.339 e. The van der Waals surface area contributed by atoms with Crippen LogP contribution in [0.1, 0.15) is 33.6 Å². The first-order chi connectivity index (χ1) is 13.5. The second kappa shape index (κ2) is 7.26. The standard InChI is InChI=1S/C21H19N3O4/c25-18(13-24-17-6-2-1-5-16(17)19(26)21(24)28)22-15-9-7-14(8-10-15)20(27)23-11-3-4-12-23/h1-2,5-10H,3-4,11-13H2,(H,22,25). The van der Waals surface area contributed by atoms with Crippen LogP contribution >= 0.6 is 0 Å². The normalized spacial score (nSPS) is 15.7. The maximum atomic E-state index is 12.4. The van der Waals surface area contributed by atoms with E-state index >= 15 is 0 Å². The summed E-state index contributed by atoms with van der Waals surface area (Å²) in [6.07, 6.45) is 2.06. The zero-order chi connectivity index (χ0) is 19.7. The van der Waals surface area contributed by atoms with Crippen molar-refractivity contribution in [2.75, 3.05) is 29.9 Å². The van der Waals surface area contributed by atoms with Gasteiger partial charge in [0.15, 0.2) is 0 Å². The maximum Gasteiger partial charge on any atom is 0.299 e. The zero-order valence-corrected chi connectivity index (χ0v) is 15.2. The molecular formula is C21H19N3O4. The number of nitrogens with zero attached hydrogens (tertiary/aromatic N) is 2. The minimum Gasteiger partial charge on any atom is -0.339 e. The molecule has 1 fully saturated rings. The van der Waals surface area contributed by atoms with Crippen molar-refractivity contribution in [2.45, 2.75) is 12.8 Å². The van der Waals surface area contributed by atoms with Crippen molar-refractivity contribution in [1.82, 2.24) is 4.90 Å². The van der Waals surface area contributed by atoms with Crippen LogP contribution in [-0.4, -0.2) is 48.0 Å². The van der Waals surface area contributed by atoms with Crippen LogP contribution in [0.2, 0.25) is 0 Å². The van der Waals surface area contributed by atoms with Gasteiger partial charge >= 0.3 is 0 Å². The van der Waals surface area contributed by atoms with Gasteiger partial charge in [-0.2, -0.15) is 0 Å². The molecule has 0 aromatic heterocycles. The van der Waals surface area contributed by atoms with Crippen molar-refractivity contribution in [2.24, 2.45) is 0 Å². The van der Waals surface area contributed by atoms with Gasteiger partial charge in [-0.25, -0.2) is 0 Å². The lowest BCUT2D eigenvalue weighted by atomic mass is 10.1. The van der Waals surface area contributed by atoms with Crippen LogP contribution in [-0.2, 0) is 9.59 Å². The lowest BCUT2D eigenvalue weighted by Gasteiger charge is -2.17. The number of fused-ring (bicyclic) bond motifs is 1. The van der Waals surface area contributed by atoms with Gasteiger partial charge in [0.05, 0.1) is 11.3 Å². The Morgan fingerprint density at radius 1 is 0.929 bits per heavy atom. The third-order valence-electron chi connectivity index (χ3n) is 4.99. The van der Waals surface area contributed by atoms with Gasteiger partial charge in [0.1, 0.15) is 6.54 Å². The minimum atomic E-state index is -0.706. The highest BCUT2D eigenvalue weighted by molar-refractivity contribution is 6.52. The van der Waals surface area contributed by atoms with E-state index in [-0.39, 0.29) is 12.5 Å². The molecule has 0 bridgehead atoms. The van der Waals surface area contributed by atoms with E-state index < -0.39 is 17.6 Å². The van der Waals surface area contributed by atoms with E-state index in [0.29, 0.717) is 22.5 Å². The average molecular weight is 377 g/mol. The third-order valence-corrected chi connectivity index (χ3v) is 4.99. The summed E-state index contributed by atoms with van der Waals surface area (Å²) in [5, 5.41) is 2.70. The molecule has 2 aromatic rings. The van der Waals surface area contributed by atoms with Crippen molar-refractivity contribution in [1.29, 1.82) is 0 Å². The average Bonchev–Trinajstić information content (AvgIpc) is 3.32. The predicted octanol–water partition coefficient (Wildman–Crippen LogP) is 2.09. The molecule has 0 spiro atoms. The molecule has 2 aliphatic rings. The lowest BCUT2D eigenvalue weighted by Crippen LogP contribution is -2.37. The Bertz CT molecular complexity index is 962. The molecular weight excluding hydrogens is 358 g/mol. The number of para-hydroxylation sites is 1. The van der Waals surface area contributed by atoms with Crippen molar-refractivity contribution in [3.05, 3.63) is 59.7 Å². The van der Waals surface area contributed by atoms with Gasteiger partial charge in [-0.05, 0) is 49.2 Å². The number of ketones is 1. The van der Waals surface area contributed by atoms with Crippen LogP contribution in [0, 0.1) is 0 Å². The van der Waals surface area contributed by atoms with Crippen LogP contribution in [0.4, 0.5) is 11.4 Å². The Balaban J connectivity index is 1.41. The van der Waals surface area contributed by atoms with Crippen LogP contribution in [0.15, 0.2) is 48.5 Å². The number of rotatable bonds is 4. The number of nitrogens with one attached hydrogen (secondary N) is 1. The van der Waals surface area contributed by atoms with Crippen molar-refractivity contribution < 1.29 is 19.2 Å². The molecule has 7 heteroatoms. The van der Waals surface area contributed by atoms with Gasteiger partial charge in [-0.15, -0.1) is 0 Å². The Hall–Kier alpha value is -3.48. The molecule has 142 valence electrons. The van der Waals surface area contributed by atoms with Crippen molar-refractivity contribution >= 4 is 34.9 Å². The van der Waals surface area contributed by atoms with Crippen molar-refractivity contribution in [3.63, 3.8) is 0 Å². The van der Waals surface area contributed by atoms with E-state index in [1.165, 1.54) is 4.90 Å². The van der Waals surface area contributed by atoms with Crippen LogP contribution in [0.25, 0.3) is 0 Å². The van der Waals surface area contributed by atoms with Gasteiger partial charge < -0.3 is 10.2 Å². The van der Waals surface area contributed by atoms with Gasteiger partial charge in [0.2, 0.25) is 5.91 Å². The van der Waals surface area contributed by atoms with E-state index in [2.05, 4.69) is 5.32 Å². The summed E-state index contributed by atoms with van der Waals surface area (Å²) in [6, 6.07) is 13.3. The van der Waals surface area contributed by atoms with Crippen molar-refractivity contribution in [3.8, 4) is 0 Å². The SMILES string of the molecule is O=C(CN1C(=O)C(=O)c2ccccc21)Nc1ccc(C(=O)N2CCCC2)cc1. The quantitative estimate of drug-likeness (QED) is 0.827. The molecule has 0 saturated carbocycles. The van der Waals surface area contributed by atoms with Crippen LogP contribution in [0.5, 0.6) is 0 Å². The Morgan fingerprint density at radius 3 is 2.32 bits per heavy atom. The second-order valence-electron chi connectivity index (χ2n) is 6.86. The first-order valence-electron chi connectivity index (χ1n) is 9.19. The monoisotopic (exact) mass is 377 g/mol. The summed E-state index contributed by atoms with van der Waals surface area (Å²) >= 11 is 0. The number of hydrogen-bond donors (Lipinski definition) is 1. The van der Waals surface area contributed by atoms with E-state index in [1.54, 1.807) is 48.5 Å². The molecule has 1 N–H and O–H groups in total. The molecule has 28 heavy (non-hydrogen) atoms. The molecule has 0 unspecified atom stereocenters. The van der Waals surface area contributed by atoms with Gasteiger partial charge in [0, 0.05) is 24.3 Å². The van der Waals surface area contributed by atoms with Gasteiger partial charge in [-0.1, -0.05) is 12.1 Å². The Morgan fingerprint density at radius 2 is 1.61 bits per heavy atom. The third kappa shape index (κ3) is 3.26. The molecule has 0 radical (unpaired) electrons. The molecule has 3 amide bonds. The Kier molecular flexibility index (Phi) is 4.65. The fraction of sp³-hybridized carbons (Fsp3) is 0.238. The summed E-state index contributed by atoms with van der Waals surface area (Å²) in [7, 11) is 0. The number of benzene rings is 2. The fourth-order valence-electron chi connectivity index (χ4n) is 3.55. The predicted molar refractivity (Wildman–Crippen MR) is 103 cm³/mol. The lowest BCUT2D eigenvalue weighted by molar-refractivity contribution is -0.118. The topological polar surface area (TPSA) is 86.8 Å². The number of carbonyl (C=O) groups excluding carboxylic acids is 4.